The molecule has 0 unspecified atom stereocenters. The van der Waals surface area contributed by atoms with Gasteiger partial charge in [-0.3, -0.25) is 19.7 Å². The Morgan fingerprint density at radius 2 is 1.96 bits per heavy atom. The van der Waals surface area contributed by atoms with Gasteiger partial charge in [0.1, 0.15) is 5.75 Å². The highest BCUT2D eigenvalue weighted by Crippen LogP contribution is 2.21. The van der Waals surface area contributed by atoms with Crippen LogP contribution in [0.5, 0.6) is 5.75 Å². The Kier molecular flexibility index (Phi) is 6.70. The summed E-state index contributed by atoms with van der Waals surface area (Å²) >= 11 is 0. The second kappa shape index (κ2) is 8.98. The van der Waals surface area contributed by atoms with Gasteiger partial charge in [-0.1, -0.05) is 6.07 Å². The molecule has 0 bridgehead atoms. The molecule has 27 heavy (non-hydrogen) atoms. The number of aryl methyl sites for hydroxylation is 1. The Morgan fingerprint density at radius 1 is 1.22 bits per heavy atom. The van der Waals surface area contributed by atoms with Crippen LogP contribution in [0.2, 0.25) is 0 Å². The highest BCUT2D eigenvalue weighted by Gasteiger charge is 2.17. The van der Waals surface area contributed by atoms with Crippen molar-refractivity contribution in [3.63, 3.8) is 0 Å². The summed E-state index contributed by atoms with van der Waals surface area (Å²) in [5, 5.41) is 10.8. The number of ether oxygens (including phenoxy) is 2. The van der Waals surface area contributed by atoms with Crippen LogP contribution < -0.4 is 4.74 Å². The first-order valence-electron chi connectivity index (χ1n) is 8.47. The van der Waals surface area contributed by atoms with Gasteiger partial charge >= 0.3 is 5.97 Å². The number of carbonyl (C=O) groups is 2. The van der Waals surface area contributed by atoms with E-state index in [0.717, 1.165) is 11.4 Å². The summed E-state index contributed by atoms with van der Waals surface area (Å²) in [5.41, 5.74) is 2.15. The van der Waals surface area contributed by atoms with Gasteiger partial charge in [0.15, 0.2) is 6.61 Å². The summed E-state index contributed by atoms with van der Waals surface area (Å²) in [4.78, 5) is 34.0. The number of methoxy groups -OCH3 is 1. The first kappa shape index (κ1) is 20.2. The zero-order valence-electron chi connectivity index (χ0n) is 15.6. The minimum Gasteiger partial charge on any atom is -0.485 e. The van der Waals surface area contributed by atoms with Crippen LogP contribution in [0.4, 0.5) is 5.69 Å². The highest BCUT2D eigenvalue weighted by atomic mass is 16.6. The number of esters is 1. The molecule has 0 spiro atoms. The molecular formula is C19H22N2O6. The molecule has 0 fully saturated rings. The third kappa shape index (κ3) is 5.16. The molecular weight excluding hydrogens is 352 g/mol. The van der Waals surface area contributed by atoms with Crippen LogP contribution in [-0.4, -0.2) is 35.0 Å². The normalized spacial score (nSPS) is 10.5. The van der Waals surface area contributed by atoms with Crippen molar-refractivity contribution in [1.29, 1.82) is 0 Å². The number of Topliss-reactive ketones (excluding diaryl/α,β-unsaturated/α-hetero) is 1. The molecule has 1 aromatic heterocycles. The highest BCUT2D eigenvalue weighted by molar-refractivity contribution is 5.98. The van der Waals surface area contributed by atoms with E-state index in [1.807, 2.05) is 18.4 Å². The quantitative estimate of drug-likeness (QED) is 0.289. The number of hydrogen-bond acceptors (Lipinski definition) is 6. The number of aromatic nitrogens is 1. The molecule has 0 radical (unpaired) electrons. The van der Waals surface area contributed by atoms with Gasteiger partial charge in [0.2, 0.25) is 5.78 Å². The summed E-state index contributed by atoms with van der Waals surface area (Å²) in [5.74, 6) is -0.211. The van der Waals surface area contributed by atoms with Crippen LogP contribution >= 0.6 is 0 Å². The lowest BCUT2D eigenvalue weighted by Gasteiger charge is -2.09. The Bertz CT molecular complexity index is 856. The fourth-order valence-corrected chi connectivity index (χ4v) is 2.82. The summed E-state index contributed by atoms with van der Waals surface area (Å²) in [6, 6.07) is 7.49. The first-order valence-corrected chi connectivity index (χ1v) is 8.47. The third-order valence-electron chi connectivity index (χ3n) is 4.26. The molecule has 8 nitrogen and oxygen atoms in total. The average Bonchev–Trinajstić information content (AvgIpc) is 2.94. The maximum absolute atomic E-state index is 12.5. The van der Waals surface area contributed by atoms with E-state index in [0.29, 0.717) is 24.9 Å². The second-order valence-corrected chi connectivity index (χ2v) is 6.08. The van der Waals surface area contributed by atoms with Crippen molar-refractivity contribution < 1.29 is 24.0 Å². The lowest BCUT2D eigenvalue weighted by molar-refractivity contribution is -0.384. The fourth-order valence-electron chi connectivity index (χ4n) is 2.82. The molecule has 0 saturated heterocycles. The van der Waals surface area contributed by atoms with Crippen LogP contribution in [0.25, 0.3) is 0 Å². The minimum absolute atomic E-state index is 0.0938. The van der Waals surface area contributed by atoms with Crippen LogP contribution in [0.15, 0.2) is 30.3 Å². The number of rotatable bonds is 9. The number of carbonyl (C=O) groups excluding carboxylic acids is 2. The van der Waals surface area contributed by atoms with Gasteiger partial charge in [-0.05, 0) is 32.4 Å². The van der Waals surface area contributed by atoms with Crippen molar-refractivity contribution in [2.45, 2.75) is 33.2 Å². The van der Waals surface area contributed by atoms with Crippen molar-refractivity contribution in [2.24, 2.45) is 0 Å². The SMILES string of the molecule is COC(=O)CCCn1c(C)cc(C(=O)COc2cccc([N+](=O)[O-])c2)c1C. The Hall–Kier alpha value is -3.16. The van der Waals surface area contributed by atoms with E-state index in [-0.39, 0.29) is 29.8 Å². The number of benzene rings is 1. The first-order chi connectivity index (χ1) is 12.8. The largest absolute Gasteiger partial charge is 0.485 e. The number of nitro groups is 1. The molecule has 0 amide bonds. The summed E-state index contributed by atoms with van der Waals surface area (Å²) in [6.07, 6.45) is 0.924. The molecule has 1 aromatic carbocycles. The molecule has 2 aromatic rings. The van der Waals surface area contributed by atoms with Crippen molar-refractivity contribution in [3.05, 3.63) is 57.4 Å². The van der Waals surface area contributed by atoms with Crippen molar-refractivity contribution in [3.8, 4) is 5.75 Å². The molecule has 0 atom stereocenters. The lowest BCUT2D eigenvalue weighted by Crippen LogP contribution is -2.13. The van der Waals surface area contributed by atoms with E-state index in [4.69, 9.17) is 4.74 Å². The van der Waals surface area contributed by atoms with Gasteiger partial charge in [0.05, 0.1) is 18.1 Å². The predicted molar refractivity (Wildman–Crippen MR) is 98.1 cm³/mol. The maximum atomic E-state index is 12.5. The number of non-ortho nitro benzene ring substituents is 1. The zero-order valence-corrected chi connectivity index (χ0v) is 15.6. The van der Waals surface area contributed by atoms with Crippen molar-refractivity contribution in [1.82, 2.24) is 4.57 Å². The maximum Gasteiger partial charge on any atom is 0.305 e. The van der Waals surface area contributed by atoms with Gasteiger partial charge in [-0.25, -0.2) is 0 Å². The van der Waals surface area contributed by atoms with Crippen LogP contribution in [0, 0.1) is 24.0 Å². The van der Waals surface area contributed by atoms with Gasteiger partial charge in [-0.15, -0.1) is 0 Å². The summed E-state index contributed by atoms with van der Waals surface area (Å²) in [7, 11) is 1.35. The van der Waals surface area contributed by atoms with E-state index in [9.17, 15) is 19.7 Å². The monoisotopic (exact) mass is 374 g/mol. The number of ketones is 1. The minimum atomic E-state index is -0.517. The Balaban J connectivity index is 2.02. The van der Waals surface area contributed by atoms with Crippen LogP contribution in [0.1, 0.15) is 34.6 Å². The molecule has 0 aliphatic carbocycles. The van der Waals surface area contributed by atoms with E-state index in [1.54, 1.807) is 12.1 Å². The van der Waals surface area contributed by atoms with Crippen molar-refractivity contribution >= 4 is 17.4 Å². The summed E-state index contributed by atoms with van der Waals surface area (Å²) < 4.78 is 12.0. The third-order valence-corrected chi connectivity index (χ3v) is 4.26. The molecule has 0 N–H and O–H groups in total. The topological polar surface area (TPSA) is 101 Å². The van der Waals surface area contributed by atoms with Gasteiger partial charge in [-0.2, -0.15) is 0 Å². The molecule has 8 heteroatoms. The van der Waals surface area contributed by atoms with Crippen molar-refractivity contribution in [2.75, 3.05) is 13.7 Å². The summed E-state index contributed by atoms with van der Waals surface area (Å²) in [6.45, 7) is 4.12. The van der Waals surface area contributed by atoms with Crippen LogP contribution in [0.3, 0.4) is 0 Å². The van der Waals surface area contributed by atoms with Gasteiger partial charge in [0, 0.05) is 36.0 Å². The average molecular weight is 374 g/mol. The molecule has 0 saturated carbocycles. The van der Waals surface area contributed by atoms with E-state index in [1.165, 1.54) is 25.3 Å². The second-order valence-electron chi connectivity index (χ2n) is 6.08. The number of hydrogen-bond donors (Lipinski definition) is 0. The number of nitrogens with zero attached hydrogens (tertiary/aromatic N) is 2. The van der Waals surface area contributed by atoms with Gasteiger partial charge < -0.3 is 14.0 Å². The zero-order chi connectivity index (χ0) is 20.0. The number of nitro benzene ring substituents is 1. The molecule has 144 valence electrons. The Labute approximate surface area is 156 Å². The molecule has 1 heterocycles. The predicted octanol–water partition coefficient (Wildman–Crippen LogP) is 3.23. The van der Waals surface area contributed by atoms with Crippen LogP contribution in [-0.2, 0) is 16.1 Å². The molecule has 2 rings (SSSR count). The van der Waals surface area contributed by atoms with E-state index >= 15 is 0 Å². The lowest BCUT2D eigenvalue weighted by atomic mass is 10.1. The van der Waals surface area contributed by atoms with E-state index in [2.05, 4.69) is 4.74 Å². The fraction of sp³-hybridized carbons (Fsp3) is 0.368. The standard InChI is InChI=1S/C19H22N2O6/c1-13-10-17(14(2)20(13)9-5-8-19(23)26-3)18(22)12-27-16-7-4-6-15(11-16)21(24)25/h4,6-7,10-11H,5,8-9,12H2,1-3H3. The molecule has 0 aliphatic rings. The Morgan fingerprint density at radius 3 is 2.63 bits per heavy atom. The van der Waals surface area contributed by atoms with Gasteiger partial charge in [0.25, 0.3) is 5.69 Å². The molecule has 0 aliphatic heterocycles. The smallest absolute Gasteiger partial charge is 0.305 e. The van der Waals surface area contributed by atoms with E-state index < -0.39 is 4.92 Å².